The second kappa shape index (κ2) is 5.45. The van der Waals surface area contributed by atoms with Gasteiger partial charge in [0.15, 0.2) is 0 Å². The highest BCUT2D eigenvalue weighted by atomic mass is 16.5. The quantitative estimate of drug-likeness (QED) is 0.851. The molecule has 2 aromatic rings. The summed E-state index contributed by atoms with van der Waals surface area (Å²) >= 11 is 0. The standard InChI is InChI=1S/C17H18N2O/c1-12(2)16-11-20-17(19-16)15-10-6-9-14(18-15)13-7-4-3-5-8-13/h3-10,12,16H,11H2,1-2H3/t16-/m1/s1. The van der Waals surface area contributed by atoms with E-state index in [0.717, 1.165) is 17.0 Å². The zero-order valence-corrected chi connectivity index (χ0v) is 11.8. The minimum absolute atomic E-state index is 0.243. The van der Waals surface area contributed by atoms with Crippen LogP contribution in [0.2, 0.25) is 0 Å². The Labute approximate surface area is 119 Å². The van der Waals surface area contributed by atoms with E-state index in [1.165, 1.54) is 0 Å². The van der Waals surface area contributed by atoms with Crippen molar-refractivity contribution in [2.24, 2.45) is 10.9 Å². The lowest BCUT2D eigenvalue weighted by Gasteiger charge is -2.06. The van der Waals surface area contributed by atoms with Gasteiger partial charge in [0.2, 0.25) is 5.90 Å². The first-order valence-electron chi connectivity index (χ1n) is 6.97. The summed E-state index contributed by atoms with van der Waals surface area (Å²) in [5, 5.41) is 0. The normalized spacial score (nSPS) is 17.9. The molecule has 1 atom stereocenters. The third-order valence-electron chi connectivity index (χ3n) is 3.48. The minimum Gasteiger partial charge on any atom is -0.474 e. The molecule has 0 bridgehead atoms. The maximum atomic E-state index is 5.69. The van der Waals surface area contributed by atoms with Crippen molar-refractivity contribution in [3.05, 3.63) is 54.2 Å². The Balaban J connectivity index is 1.91. The Kier molecular flexibility index (Phi) is 3.50. The molecule has 0 fully saturated rings. The van der Waals surface area contributed by atoms with Gasteiger partial charge >= 0.3 is 0 Å². The van der Waals surface area contributed by atoms with E-state index in [1.54, 1.807) is 0 Å². The monoisotopic (exact) mass is 266 g/mol. The second-order valence-electron chi connectivity index (χ2n) is 5.33. The summed E-state index contributed by atoms with van der Waals surface area (Å²) in [6, 6.07) is 16.4. The summed E-state index contributed by atoms with van der Waals surface area (Å²) in [7, 11) is 0. The minimum atomic E-state index is 0.243. The van der Waals surface area contributed by atoms with E-state index < -0.39 is 0 Å². The molecule has 20 heavy (non-hydrogen) atoms. The first-order valence-corrected chi connectivity index (χ1v) is 6.97. The van der Waals surface area contributed by atoms with Gasteiger partial charge in [-0.2, -0.15) is 0 Å². The van der Waals surface area contributed by atoms with Crippen LogP contribution >= 0.6 is 0 Å². The van der Waals surface area contributed by atoms with Crippen LogP contribution < -0.4 is 0 Å². The number of hydrogen-bond donors (Lipinski definition) is 0. The van der Waals surface area contributed by atoms with E-state index in [2.05, 4.69) is 36.0 Å². The molecule has 3 rings (SSSR count). The third kappa shape index (κ3) is 2.57. The van der Waals surface area contributed by atoms with Gasteiger partial charge in [-0.3, -0.25) is 0 Å². The number of aliphatic imine (C=N–C) groups is 1. The van der Waals surface area contributed by atoms with Crippen LogP contribution in [0.1, 0.15) is 19.5 Å². The van der Waals surface area contributed by atoms with Crippen LogP contribution in [0, 0.1) is 5.92 Å². The Morgan fingerprint density at radius 1 is 1.00 bits per heavy atom. The number of aromatic nitrogens is 1. The summed E-state index contributed by atoms with van der Waals surface area (Å²) in [4.78, 5) is 9.29. The highest BCUT2D eigenvalue weighted by Gasteiger charge is 2.23. The van der Waals surface area contributed by atoms with Crippen LogP contribution in [0.5, 0.6) is 0 Å². The Morgan fingerprint density at radius 3 is 2.45 bits per heavy atom. The summed E-state index contributed by atoms with van der Waals surface area (Å²) in [6.45, 7) is 4.98. The van der Waals surface area contributed by atoms with Crippen molar-refractivity contribution in [3.63, 3.8) is 0 Å². The SMILES string of the molecule is CC(C)[C@H]1COC(c2cccc(-c3ccccc3)n2)=N1. The summed E-state index contributed by atoms with van der Waals surface area (Å²) in [5.41, 5.74) is 2.87. The molecule has 2 heterocycles. The Hall–Kier alpha value is -2.16. The van der Waals surface area contributed by atoms with E-state index in [9.17, 15) is 0 Å². The maximum absolute atomic E-state index is 5.69. The van der Waals surface area contributed by atoms with E-state index in [0.29, 0.717) is 18.4 Å². The van der Waals surface area contributed by atoms with Crippen molar-refractivity contribution in [2.75, 3.05) is 6.61 Å². The molecule has 1 aromatic carbocycles. The highest BCUT2D eigenvalue weighted by Crippen LogP contribution is 2.20. The molecule has 0 aliphatic carbocycles. The van der Waals surface area contributed by atoms with Gasteiger partial charge in [0.05, 0.1) is 11.7 Å². The molecule has 3 nitrogen and oxygen atoms in total. The van der Waals surface area contributed by atoms with E-state index >= 15 is 0 Å². The lowest BCUT2D eigenvalue weighted by Crippen LogP contribution is -2.13. The molecule has 102 valence electrons. The van der Waals surface area contributed by atoms with Gasteiger partial charge in [-0.05, 0) is 18.1 Å². The van der Waals surface area contributed by atoms with Crippen molar-refractivity contribution < 1.29 is 4.74 Å². The third-order valence-corrected chi connectivity index (χ3v) is 3.48. The number of nitrogens with zero attached hydrogens (tertiary/aromatic N) is 2. The van der Waals surface area contributed by atoms with Crippen LogP contribution in [0.4, 0.5) is 0 Å². The Bertz CT molecular complexity index is 620. The van der Waals surface area contributed by atoms with Gasteiger partial charge in [-0.1, -0.05) is 50.2 Å². The summed E-state index contributed by atoms with van der Waals surface area (Å²) in [5.74, 6) is 1.16. The Morgan fingerprint density at radius 2 is 1.75 bits per heavy atom. The molecule has 0 saturated heterocycles. The fraction of sp³-hybridized carbons (Fsp3) is 0.294. The van der Waals surface area contributed by atoms with Gasteiger partial charge < -0.3 is 4.74 Å². The van der Waals surface area contributed by atoms with Gasteiger partial charge in [0.1, 0.15) is 12.3 Å². The molecule has 0 radical (unpaired) electrons. The molecular weight excluding hydrogens is 248 g/mol. The van der Waals surface area contributed by atoms with Gasteiger partial charge in [-0.15, -0.1) is 0 Å². The van der Waals surface area contributed by atoms with Crippen molar-refractivity contribution in [2.45, 2.75) is 19.9 Å². The van der Waals surface area contributed by atoms with Gasteiger partial charge in [-0.25, -0.2) is 9.98 Å². The van der Waals surface area contributed by atoms with Gasteiger partial charge in [0.25, 0.3) is 0 Å². The first-order chi connectivity index (χ1) is 9.74. The zero-order valence-electron chi connectivity index (χ0n) is 11.8. The summed E-state index contributed by atoms with van der Waals surface area (Å²) in [6.07, 6.45) is 0. The number of benzene rings is 1. The molecule has 0 unspecified atom stereocenters. The second-order valence-corrected chi connectivity index (χ2v) is 5.33. The van der Waals surface area contributed by atoms with Gasteiger partial charge in [0, 0.05) is 5.56 Å². The molecule has 3 heteroatoms. The smallest absolute Gasteiger partial charge is 0.235 e. The van der Waals surface area contributed by atoms with Crippen LogP contribution in [-0.4, -0.2) is 23.5 Å². The molecule has 0 N–H and O–H groups in total. The topological polar surface area (TPSA) is 34.5 Å². The molecule has 1 aliphatic rings. The van der Waals surface area contributed by atoms with Crippen LogP contribution in [0.3, 0.4) is 0 Å². The van der Waals surface area contributed by atoms with Crippen LogP contribution in [-0.2, 0) is 4.74 Å². The predicted molar refractivity (Wildman–Crippen MR) is 80.8 cm³/mol. The van der Waals surface area contributed by atoms with Crippen molar-refractivity contribution in [1.82, 2.24) is 4.98 Å². The first kappa shape index (κ1) is 12.9. The number of pyridine rings is 1. The predicted octanol–water partition coefficient (Wildman–Crippen LogP) is 3.55. The van der Waals surface area contributed by atoms with Crippen LogP contribution in [0.15, 0.2) is 53.5 Å². The van der Waals surface area contributed by atoms with E-state index in [4.69, 9.17) is 4.74 Å². The molecule has 0 spiro atoms. The van der Waals surface area contributed by atoms with E-state index in [-0.39, 0.29) is 6.04 Å². The number of hydrogen-bond acceptors (Lipinski definition) is 3. The fourth-order valence-electron chi connectivity index (χ4n) is 2.19. The zero-order chi connectivity index (χ0) is 13.9. The van der Waals surface area contributed by atoms with Crippen LogP contribution in [0.25, 0.3) is 11.3 Å². The lowest BCUT2D eigenvalue weighted by atomic mass is 10.1. The van der Waals surface area contributed by atoms with Crippen molar-refractivity contribution in [3.8, 4) is 11.3 Å². The van der Waals surface area contributed by atoms with Crippen molar-refractivity contribution in [1.29, 1.82) is 0 Å². The van der Waals surface area contributed by atoms with E-state index in [1.807, 2.05) is 36.4 Å². The average Bonchev–Trinajstić information content (AvgIpc) is 2.98. The molecule has 0 saturated carbocycles. The largest absolute Gasteiger partial charge is 0.474 e. The van der Waals surface area contributed by atoms with Crippen molar-refractivity contribution >= 4 is 5.90 Å². The average molecular weight is 266 g/mol. The maximum Gasteiger partial charge on any atom is 0.235 e. The fourth-order valence-corrected chi connectivity index (χ4v) is 2.19. The molecular formula is C17H18N2O. The number of ether oxygens (including phenoxy) is 1. The molecule has 1 aromatic heterocycles. The molecule has 1 aliphatic heterocycles. The highest BCUT2D eigenvalue weighted by molar-refractivity contribution is 5.93. The summed E-state index contributed by atoms with van der Waals surface area (Å²) < 4.78 is 5.69. The lowest BCUT2D eigenvalue weighted by molar-refractivity contribution is 0.291. The molecule has 0 amide bonds. The number of rotatable bonds is 3.